The van der Waals surface area contributed by atoms with Crippen molar-refractivity contribution in [3.8, 4) is 5.75 Å². The van der Waals surface area contributed by atoms with E-state index in [1.165, 1.54) is 0 Å². The molecule has 2 aromatic carbocycles. The summed E-state index contributed by atoms with van der Waals surface area (Å²) in [5, 5.41) is 5.17. The van der Waals surface area contributed by atoms with Crippen molar-refractivity contribution in [1.82, 2.24) is 5.32 Å². The average molecular weight is 334 g/mol. The molecule has 1 unspecified atom stereocenters. The van der Waals surface area contributed by atoms with Crippen molar-refractivity contribution in [3.05, 3.63) is 40.9 Å². The third-order valence-corrected chi connectivity index (χ3v) is 4.24. The van der Waals surface area contributed by atoms with Crippen LogP contribution in [0.2, 0.25) is 0 Å². The number of halogens is 1. The van der Waals surface area contributed by atoms with Gasteiger partial charge in [-0.1, -0.05) is 30.3 Å². The number of carbonyl (C=O) groups is 1. The number of ether oxygens (including phenoxy) is 1. The first-order chi connectivity index (χ1) is 9.65. The molecule has 1 atom stereocenters. The number of amides is 1. The lowest BCUT2D eigenvalue weighted by Crippen LogP contribution is -2.37. The van der Waals surface area contributed by atoms with Crippen LogP contribution < -0.4 is 10.1 Å². The van der Waals surface area contributed by atoms with Crippen LogP contribution in [-0.4, -0.2) is 18.1 Å². The Balaban J connectivity index is 1.79. The Bertz CT molecular complexity index is 652. The second kappa shape index (κ2) is 5.44. The smallest absolute Gasteiger partial charge is 0.260 e. The quantitative estimate of drug-likeness (QED) is 0.927. The Kier molecular flexibility index (Phi) is 3.66. The van der Waals surface area contributed by atoms with E-state index in [1.54, 1.807) is 6.92 Å². The Morgan fingerprint density at radius 3 is 2.80 bits per heavy atom. The van der Waals surface area contributed by atoms with Crippen molar-refractivity contribution < 1.29 is 9.53 Å². The summed E-state index contributed by atoms with van der Waals surface area (Å²) in [5.74, 6) is 0.648. The zero-order valence-electron chi connectivity index (χ0n) is 11.2. The fourth-order valence-corrected chi connectivity index (χ4v) is 2.68. The van der Waals surface area contributed by atoms with E-state index >= 15 is 0 Å². The Labute approximate surface area is 126 Å². The summed E-state index contributed by atoms with van der Waals surface area (Å²) in [6.45, 7) is 1.78. The molecule has 0 spiro atoms. The van der Waals surface area contributed by atoms with Crippen LogP contribution in [-0.2, 0) is 4.79 Å². The predicted octanol–water partition coefficient (Wildman–Crippen LogP) is 3.65. The molecule has 0 heterocycles. The monoisotopic (exact) mass is 333 g/mol. The van der Waals surface area contributed by atoms with Crippen molar-refractivity contribution in [2.24, 2.45) is 0 Å². The number of benzene rings is 2. The summed E-state index contributed by atoms with van der Waals surface area (Å²) >= 11 is 3.57. The Morgan fingerprint density at radius 2 is 2.05 bits per heavy atom. The highest BCUT2D eigenvalue weighted by atomic mass is 79.9. The molecule has 0 bridgehead atoms. The fraction of sp³-hybridized carbons (Fsp3) is 0.312. The van der Waals surface area contributed by atoms with E-state index in [-0.39, 0.29) is 5.91 Å². The van der Waals surface area contributed by atoms with Crippen molar-refractivity contribution in [1.29, 1.82) is 0 Å². The minimum Gasteiger partial charge on any atom is -0.480 e. The van der Waals surface area contributed by atoms with E-state index in [2.05, 4.69) is 21.2 Å². The largest absolute Gasteiger partial charge is 0.480 e. The summed E-state index contributed by atoms with van der Waals surface area (Å²) in [6, 6.07) is 12.3. The SMILES string of the molecule is CC(Oc1ccc2ccccc2c1Br)C(=O)NC1CC1. The van der Waals surface area contributed by atoms with E-state index in [4.69, 9.17) is 4.74 Å². The van der Waals surface area contributed by atoms with Crippen molar-refractivity contribution in [2.75, 3.05) is 0 Å². The molecule has 0 radical (unpaired) electrons. The van der Waals surface area contributed by atoms with Gasteiger partial charge in [0.1, 0.15) is 5.75 Å². The first kappa shape index (κ1) is 13.4. The van der Waals surface area contributed by atoms with Crippen molar-refractivity contribution in [3.63, 3.8) is 0 Å². The summed E-state index contributed by atoms with van der Waals surface area (Å²) in [7, 11) is 0. The van der Waals surface area contributed by atoms with E-state index in [9.17, 15) is 4.79 Å². The Morgan fingerprint density at radius 1 is 1.30 bits per heavy atom. The molecule has 1 aliphatic carbocycles. The van der Waals surface area contributed by atoms with Gasteiger partial charge in [0.25, 0.3) is 5.91 Å². The van der Waals surface area contributed by atoms with Gasteiger partial charge in [0.15, 0.2) is 6.10 Å². The van der Waals surface area contributed by atoms with Gasteiger partial charge in [-0.25, -0.2) is 0 Å². The topological polar surface area (TPSA) is 38.3 Å². The molecule has 0 aliphatic heterocycles. The molecular weight excluding hydrogens is 318 g/mol. The van der Waals surface area contributed by atoms with Crippen LogP contribution in [0.3, 0.4) is 0 Å². The van der Waals surface area contributed by atoms with Crippen LogP contribution in [0, 0.1) is 0 Å². The average Bonchev–Trinajstić information content (AvgIpc) is 3.26. The molecule has 1 saturated carbocycles. The summed E-state index contributed by atoms with van der Waals surface area (Å²) in [4.78, 5) is 11.9. The maximum atomic E-state index is 11.9. The molecule has 1 aliphatic rings. The van der Waals surface area contributed by atoms with Crippen molar-refractivity contribution >= 4 is 32.6 Å². The van der Waals surface area contributed by atoms with Crippen LogP contribution in [0.4, 0.5) is 0 Å². The first-order valence-corrected chi connectivity index (χ1v) is 7.59. The number of fused-ring (bicyclic) bond motifs is 1. The molecule has 1 fully saturated rings. The normalized spacial score (nSPS) is 15.9. The highest BCUT2D eigenvalue weighted by Gasteiger charge is 2.26. The number of carbonyl (C=O) groups excluding carboxylic acids is 1. The van der Waals surface area contributed by atoms with Gasteiger partial charge in [-0.05, 0) is 52.5 Å². The van der Waals surface area contributed by atoms with Crippen LogP contribution in [0.1, 0.15) is 19.8 Å². The number of hydrogen-bond donors (Lipinski definition) is 1. The molecule has 4 heteroatoms. The highest BCUT2D eigenvalue weighted by Crippen LogP contribution is 2.33. The maximum Gasteiger partial charge on any atom is 0.260 e. The van der Waals surface area contributed by atoms with Gasteiger partial charge < -0.3 is 10.1 Å². The van der Waals surface area contributed by atoms with Gasteiger partial charge in [0.05, 0.1) is 4.47 Å². The van der Waals surface area contributed by atoms with Crippen LogP contribution in [0.5, 0.6) is 5.75 Å². The molecule has 1 amide bonds. The zero-order valence-corrected chi connectivity index (χ0v) is 12.8. The van der Waals surface area contributed by atoms with E-state index in [0.717, 1.165) is 28.1 Å². The molecule has 0 saturated heterocycles. The molecule has 2 aromatic rings. The highest BCUT2D eigenvalue weighted by molar-refractivity contribution is 9.10. The van der Waals surface area contributed by atoms with E-state index < -0.39 is 6.10 Å². The van der Waals surface area contributed by atoms with Gasteiger partial charge in [-0.2, -0.15) is 0 Å². The van der Waals surface area contributed by atoms with Crippen LogP contribution >= 0.6 is 15.9 Å². The lowest BCUT2D eigenvalue weighted by Gasteiger charge is -2.16. The number of hydrogen-bond acceptors (Lipinski definition) is 2. The van der Waals surface area contributed by atoms with Gasteiger partial charge in [0.2, 0.25) is 0 Å². The molecule has 0 aromatic heterocycles. The van der Waals surface area contributed by atoms with Crippen LogP contribution in [0.15, 0.2) is 40.9 Å². The first-order valence-electron chi connectivity index (χ1n) is 6.79. The fourth-order valence-electron chi connectivity index (χ4n) is 2.09. The lowest BCUT2D eigenvalue weighted by molar-refractivity contribution is -0.127. The van der Waals surface area contributed by atoms with Gasteiger partial charge in [0, 0.05) is 6.04 Å². The molecule has 104 valence electrons. The number of nitrogens with one attached hydrogen (secondary N) is 1. The minimum absolute atomic E-state index is 0.0486. The van der Waals surface area contributed by atoms with Crippen LogP contribution in [0.25, 0.3) is 10.8 Å². The van der Waals surface area contributed by atoms with Gasteiger partial charge in [-0.3, -0.25) is 4.79 Å². The minimum atomic E-state index is -0.493. The van der Waals surface area contributed by atoms with E-state index in [0.29, 0.717) is 11.8 Å². The summed E-state index contributed by atoms with van der Waals surface area (Å²) in [6.07, 6.45) is 1.67. The summed E-state index contributed by atoms with van der Waals surface area (Å²) < 4.78 is 6.68. The zero-order chi connectivity index (χ0) is 14.1. The maximum absolute atomic E-state index is 11.9. The predicted molar refractivity (Wildman–Crippen MR) is 82.9 cm³/mol. The third kappa shape index (κ3) is 2.80. The summed E-state index contributed by atoms with van der Waals surface area (Å²) in [5.41, 5.74) is 0. The molecule has 20 heavy (non-hydrogen) atoms. The lowest BCUT2D eigenvalue weighted by atomic mass is 10.1. The second-order valence-electron chi connectivity index (χ2n) is 5.14. The Hall–Kier alpha value is -1.55. The third-order valence-electron chi connectivity index (χ3n) is 3.42. The second-order valence-corrected chi connectivity index (χ2v) is 5.93. The molecule has 3 rings (SSSR count). The van der Waals surface area contributed by atoms with Gasteiger partial charge >= 0.3 is 0 Å². The molecular formula is C16H16BrNO2. The molecule has 1 N–H and O–H groups in total. The van der Waals surface area contributed by atoms with E-state index in [1.807, 2.05) is 36.4 Å². The van der Waals surface area contributed by atoms with Gasteiger partial charge in [-0.15, -0.1) is 0 Å². The van der Waals surface area contributed by atoms with Crippen molar-refractivity contribution in [2.45, 2.75) is 31.9 Å². The molecule has 3 nitrogen and oxygen atoms in total. The standard InChI is InChI=1S/C16H16BrNO2/c1-10(16(19)18-12-7-8-12)20-14-9-6-11-4-2-3-5-13(11)15(14)17/h2-6,9-10,12H,7-8H2,1H3,(H,18,19). The number of rotatable bonds is 4.